The van der Waals surface area contributed by atoms with Gasteiger partial charge < -0.3 is 14.3 Å². The Balaban J connectivity index is 1.59. The summed E-state index contributed by atoms with van der Waals surface area (Å²) in [6.45, 7) is 1.91. The van der Waals surface area contributed by atoms with Crippen LogP contribution in [0.15, 0.2) is 46.2 Å². The molecule has 0 spiro atoms. The molecule has 2 aromatic heterocycles. The van der Waals surface area contributed by atoms with Gasteiger partial charge in [0.25, 0.3) is 0 Å². The fraction of sp³-hybridized carbons (Fsp3) is 0.267. The zero-order valence-electron chi connectivity index (χ0n) is 12.3. The van der Waals surface area contributed by atoms with E-state index in [4.69, 9.17) is 4.42 Å². The molecular weight excluding hydrogens is 300 g/mol. The molecule has 0 unspecified atom stereocenters. The molecule has 0 fully saturated rings. The lowest BCUT2D eigenvalue weighted by Crippen LogP contribution is -2.28. The molecule has 114 valence electrons. The maximum absolute atomic E-state index is 12.0. The number of carbonyl (C=O) groups is 1. The van der Waals surface area contributed by atoms with Crippen LogP contribution in [0.5, 0.6) is 0 Å². The first-order valence-electron chi connectivity index (χ1n) is 6.88. The van der Waals surface area contributed by atoms with Crippen LogP contribution in [-0.4, -0.2) is 26.4 Å². The van der Waals surface area contributed by atoms with Gasteiger partial charge in [-0.05, 0) is 19.1 Å². The summed E-state index contributed by atoms with van der Waals surface area (Å²) in [6, 6.07) is 9.56. The molecule has 0 bridgehead atoms. The number of benzene rings is 1. The van der Waals surface area contributed by atoms with Crippen LogP contribution in [-0.2, 0) is 11.8 Å². The van der Waals surface area contributed by atoms with Crippen molar-refractivity contribution in [2.45, 2.75) is 18.1 Å². The molecule has 7 heteroatoms. The van der Waals surface area contributed by atoms with Crippen LogP contribution in [0.1, 0.15) is 18.7 Å². The second-order valence-corrected chi connectivity index (χ2v) is 5.93. The minimum absolute atomic E-state index is 0.0686. The van der Waals surface area contributed by atoms with Crippen LogP contribution < -0.4 is 5.32 Å². The van der Waals surface area contributed by atoms with Crippen molar-refractivity contribution >= 4 is 28.6 Å². The number of fused-ring (bicyclic) bond motifs is 1. The molecule has 2 heterocycles. The number of nitrogens with one attached hydrogen (secondary N) is 1. The molecule has 0 radical (unpaired) electrons. The van der Waals surface area contributed by atoms with Gasteiger partial charge in [0.2, 0.25) is 5.91 Å². The van der Waals surface area contributed by atoms with Crippen LogP contribution in [0, 0.1) is 0 Å². The standard InChI is InChI=1S/C15H16N4O2S/c1-10(13-7-11-5-3-4-6-12(11)21-13)17-14(20)8-22-15-18-16-9-19(15)2/h3-7,9-10H,8H2,1-2H3,(H,17,20)/t10-/m0/s1. The van der Waals surface area contributed by atoms with Crippen molar-refractivity contribution in [2.24, 2.45) is 7.05 Å². The van der Waals surface area contributed by atoms with Crippen molar-refractivity contribution < 1.29 is 9.21 Å². The molecule has 3 rings (SSSR count). The van der Waals surface area contributed by atoms with Crippen LogP contribution in [0.4, 0.5) is 0 Å². The number of aromatic nitrogens is 3. The zero-order chi connectivity index (χ0) is 15.5. The maximum Gasteiger partial charge on any atom is 0.231 e. The summed E-state index contributed by atoms with van der Waals surface area (Å²) in [7, 11) is 1.84. The van der Waals surface area contributed by atoms with Gasteiger partial charge in [-0.3, -0.25) is 4.79 Å². The van der Waals surface area contributed by atoms with Crippen molar-refractivity contribution in [3.63, 3.8) is 0 Å². The van der Waals surface area contributed by atoms with Crippen molar-refractivity contribution in [1.82, 2.24) is 20.1 Å². The van der Waals surface area contributed by atoms with Gasteiger partial charge in [-0.2, -0.15) is 0 Å². The molecule has 1 N–H and O–H groups in total. The topological polar surface area (TPSA) is 73.0 Å². The van der Waals surface area contributed by atoms with E-state index in [9.17, 15) is 4.79 Å². The molecule has 6 nitrogen and oxygen atoms in total. The molecule has 1 aromatic carbocycles. The highest BCUT2D eigenvalue weighted by atomic mass is 32.2. The van der Waals surface area contributed by atoms with E-state index in [2.05, 4.69) is 15.5 Å². The van der Waals surface area contributed by atoms with E-state index in [0.717, 1.165) is 16.7 Å². The van der Waals surface area contributed by atoms with Crippen LogP contribution >= 0.6 is 11.8 Å². The van der Waals surface area contributed by atoms with E-state index in [-0.39, 0.29) is 17.7 Å². The first-order valence-corrected chi connectivity index (χ1v) is 7.86. The van der Waals surface area contributed by atoms with Crippen LogP contribution in [0.3, 0.4) is 0 Å². The van der Waals surface area contributed by atoms with Gasteiger partial charge in [-0.1, -0.05) is 30.0 Å². The Morgan fingerprint density at radius 3 is 3.00 bits per heavy atom. The average Bonchev–Trinajstić information content (AvgIpc) is 3.11. The lowest BCUT2D eigenvalue weighted by Gasteiger charge is -2.10. The number of thioether (sulfide) groups is 1. The highest BCUT2D eigenvalue weighted by Crippen LogP contribution is 2.23. The predicted molar refractivity (Wildman–Crippen MR) is 84.5 cm³/mol. The molecule has 1 atom stereocenters. The van der Waals surface area contributed by atoms with Crippen LogP contribution in [0.25, 0.3) is 11.0 Å². The minimum atomic E-state index is -0.181. The summed E-state index contributed by atoms with van der Waals surface area (Å²) in [4.78, 5) is 12.0. The number of hydrogen-bond acceptors (Lipinski definition) is 5. The number of rotatable bonds is 5. The van der Waals surface area contributed by atoms with E-state index in [0.29, 0.717) is 5.16 Å². The summed E-state index contributed by atoms with van der Waals surface area (Å²) in [5, 5.41) is 12.4. The number of furan rings is 1. The fourth-order valence-corrected chi connectivity index (χ4v) is 2.80. The second kappa shape index (κ2) is 6.23. The highest BCUT2D eigenvalue weighted by molar-refractivity contribution is 7.99. The van der Waals surface area contributed by atoms with Gasteiger partial charge >= 0.3 is 0 Å². The molecule has 22 heavy (non-hydrogen) atoms. The number of nitrogens with zero attached hydrogens (tertiary/aromatic N) is 3. The Hall–Kier alpha value is -2.28. The fourth-order valence-electron chi connectivity index (χ4n) is 2.10. The Bertz CT molecular complexity index is 763. The second-order valence-electron chi connectivity index (χ2n) is 4.99. The highest BCUT2D eigenvalue weighted by Gasteiger charge is 2.15. The van der Waals surface area contributed by atoms with Crippen molar-refractivity contribution in [1.29, 1.82) is 0 Å². The van der Waals surface area contributed by atoms with Gasteiger partial charge in [0, 0.05) is 12.4 Å². The summed E-state index contributed by atoms with van der Waals surface area (Å²) in [6.07, 6.45) is 1.61. The predicted octanol–water partition coefficient (Wildman–Crippen LogP) is 2.53. The molecule has 0 aliphatic rings. The first-order chi connectivity index (χ1) is 10.6. The lowest BCUT2D eigenvalue weighted by molar-refractivity contribution is -0.119. The molecule has 0 aliphatic carbocycles. The van der Waals surface area contributed by atoms with Crippen LogP contribution in [0.2, 0.25) is 0 Å². The van der Waals surface area contributed by atoms with Crippen molar-refractivity contribution in [3.05, 3.63) is 42.4 Å². The third kappa shape index (κ3) is 3.14. The number of para-hydroxylation sites is 1. The van der Waals surface area contributed by atoms with E-state index in [1.165, 1.54) is 11.8 Å². The molecular formula is C15H16N4O2S. The molecule has 0 saturated carbocycles. The normalized spacial score (nSPS) is 12.5. The summed E-state index contributed by atoms with van der Waals surface area (Å²) in [5.74, 6) is 0.969. The summed E-state index contributed by atoms with van der Waals surface area (Å²) < 4.78 is 7.53. The van der Waals surface area contributed by atoms with Crippen molar-refractivity contribution in [3.8, 4) is 0 Å². The summed E-state index contributed by atoms with van der Waals surface area (Å²) >= 11 is 1.35. The number of hydrogen-bond donors (Lipinski definition) is 1. The largest absolute Gasteiger partial charge is 0.459 e. The maximum atomic E-state index is 12.0. The van der Waals surface area contributed by atoms with Gasteiger partial charge in [0.1, 0.15) is 17.7 Å². The SMILES string of the molecule is C[C@H](NC(=O)CSc1nncn1C)c1cc2ccccc2o1. The molecule has 1 amide bonds. The van der Waals surface area contributed by atoms with Gasteiger partial charge in [0.05, 0.1) is 11.8 Å². The number of aryl methyl sites for hydroxylation is 1. The first kappa shape index (κ1) is 14.6. The Morgan fingerprint density at radius 2 is 2.27 bits per heavy atom. The van der Waals surface area contributed by atoms with E-state index < -0.39 is 0 Å². The average molecular weight is 316 g/mol. The summed E-state index contributed by atoms with van der Waals surface area (Å²) in [5.41, 5.74) is 0.826. The van der Waals surface area contributed by atoms with Gasteiger partial charge in [-0.15, -0.1) is 10.2 Å². The third-order valence-electron chi connectivity index (χ3n) is 3.25. The smallest absolute Gasteiger partial charge is 0.231 e. The third-order valence-corrected chi connectivity index (χ3v) is 4.29. The van der Waals surface area contributed by atoms with E-state index >= 15 is 0 Å². The molecule has 0 saturated heterocycles. The van der Waals surface area contributed by atoms with Gasteiger partial charge in [0.15, 0.2) is 5.16 Å². The zero-order valence-corrected chi connectivity index (χ0v) is 13.1. The number of amides is 1. The Kier molecular flexibility index (Phi) is 4.15. The van der Waals surface area contributed by atoms with Crippen molar-refractivity contribution in [2.75, 3.05) is 5.75 Å². The van der Waals surface area contributed by atoms with Gasteiger partial charge in [-0.25, -0.2) is 0 Å². The van der Waals surface area contributed by atoms with E-state index in [1.54, 1.807) is 10.9 Å². The monoisotopic (exact) mass is 316 g/mol. The Morgan fingerprint density at radius 1 is 1.45 bits per heavy atom. The minimum Gasteiger partial charge on any atom is -0.459 e. The Labute approximate surface area is 131 Å². The quantitative estimate of drug-likeness (QED) is 0.732. The molecule has 3 aromatic rings. The van der Waals surface area contributed by atoms with E-state index in [1.807, 2.05) is 44.3 Å². The lowest BCUT2D eigenvalue weighted by atomic mass is 10.2. The number of carbonyl (C=O) groups excluding carboxylic acids is 1. The molecule has 0 aliphatic heterocycles.